The molecule has 20 heteroatoms. The molecule has 4 aromatic rings. The quantitative estimate of drug-likeness (QED) is 0.206. The molecule has 2 fully saturated rings. The van der Waals surface area contributed by atoms with Crippen LogP contribution in [0.4, 0.5) is 14.6 Å². The van der Waals surface area contributed by atoms with Crippen LogP contribution in [0, 0.1) is 0 Å². The number of aromatic amines is 1. The Labute approximate surface area is 254 Å². The van der Waals surface area contributed by atoms with E-state index in [2.05, 4.69) is 19.9 Å². The lowest BCUT2D eigenvalue weighted by Gasteiger charge is -2.23. The van der Waals surface area contributed by atoms with Crippen molar-refractivity contribution in [2.45, 2.75) is 49.5 Å². The number of alkyl halides is 2. The highest BCUT2D eigenvalue weighted by atomic mass is 31.2. The maximum atomic E-state index is 15.9. The molecular formula is C25H27F2N7O9P2. The van der Waals surface area contributed by atoms with Gasteiger partial charge in [-0.3, -0.25) is 28.0 Å². The zero-order valence-corrected chi connectivity index (χ0v) is 25.1. The monoisotopic (exact) mass is 669 g/mol. The second-order valence-electron chi connectivity index (χ2n) is 10.2. The van der Waals surface area contributed by atoms with Crippen molar-refractivity contribution in [3.63, 3.8) is 0 Å². The van der Waals surface area contributed by atoms with Crippen LogP contribution in [0.1, 0.15) is 18.9 Å². The summed E-state index contributed by atoms with van der Waals surface area (Å²) < 4.78 is 72.5. The van der Waals surface area contributed by atoms with Crippen LogP contribution in [-0.4, -0.2) is 77.8 Å². The van der Waals surface area contributed by atoms with Crippen LogP contribution >= 0.6 is 17.3 Å². The van der Waals surface area contributed by atoms with Crippen molar-refractivity contribution in [3.8, 4) is 11.1 Å². The van der Waals surface area contributed by atoms with Gasteiger partial charge in [0, 0.05) is 22.1 Å². The molecule has 16 nitrogen and oxygen atoms in total. The Morgan fingerprint density at radius 3 is 2.64 bits per heavy atom. The number of hydrogen-bond acceptors (Lipinski definition) is 12. The van der Waals surface area contributed by atoms with Crippen molar-refractivity contribution < 1.29 is 41.3 Å². The van der Waals surface area contributed by atoms with Gasteiger partial charge in [-0.15, -0.1) is 0 Å². The van der Waals surface area contributed by atoms with Crippen LogP contribution in [-0.2, 0) is 27.6 Å². The Balaban J connectivity index is 1.15. The van der Waals surface area contributed by atoms with Gasteiger partial charge in [0.25, 0.3) is 5.56 Å². The minimum atomic E-state index is -5.07. The molecule has 5 heterocycles. The van der Waals surface area contributed by atoms with Crippen molar-refractivity contribution >= 4 is 34.3 Å². The van der Waals surface area contributed by atoms with Gasteiger partial charge < -0.3 is 24.6 Å². The van der Waals surface area contributed by atoms with Crippen LogP contribution in [0.15, 0.2) is 58.8 Å². The van der Waals surface area contributed by atoms with E-state index in [-0.39, 0.29) is 24.4 Å². The molecule has 1 aromatic carbocycles. The average molecular weight is 669 g/mol. The molecule has 0 saturated carbocycles. The molecule has 6 rings (SSSR count). The molecule has 240 valence electrons. The summed E-state index contributed by atoms with van der Waals surface area (Å²) in [6, 6.07) is 8.33. The molecular weight excluding hydrogens is 642 g/mol. The number of hydrogen-bond donors (Lipinski definition) is 3. The van der Waals surface area contributed by atoms with Crippen molar-refractivity contribution in [3.05, 3.63) is 70.0 Å². The number of nitrogens with one attached hydrogen (secondary N) is 1. The third-order valence-electron chi connectivity index (χ3n) is 7.37. The lowest BCUT2D eigenvalue weighted by Crippen LogP contribution is -2.37. The third-order valence-corrected chi connectivity index (χ3v) is 8.55. The van der Waals surface area contributed by atoms with Crippen molar-refractivity contribution in [1.29, 1.82) is 0 Å². The van der Waals surface area contributed by atoms with Gasteiger partial charge in [0.2, 0.25) is 0 Å². The number of benzene rings is 1. The lowest BCUT2D eigenvalue weighted by atomic mass is 10.1. The number of aromatic nitrogens is 6. The maximum Gasteiger partial charge on any atom is 0.472 e. The molecule has 0 radical (unpaired) electrons. The minimum absolute atomic E-state index is 0.0561. The molecule has 0 spiro atoms. The van der Waals surface area contributed by atoms with Crippen molar-refractivity contribution in [2.75, 3.05) is 18.9 Å². The van der Waals surface area contributed by atoms with Gasteiger partial charge in [0.15, 0.2) is 23.9 Å². The molecule has 3 aromatic heterocycles. The molecule has 4 N–H and O–H groups in total. The number of H-pyrrole nitrogens is 1. The fourth-order valence-electron chi connectivity index (χ4n) is 5.21. The summed E-state index contributed by atoms with van der Waals surface area (Å²) in [6.45, 7) is -1.06. The summed E-state index contributed by atoms with van der Waals surface area (Å²) in [5, 5.41) is 0. The summed E-state index contributed by atoms with van der Waals surface area (Å²) >= 11 is 0. The van der Waals surface area contributed by atoms with E-state index in [0.717, 1.165) is 10.8 Å². The Hall–Kier alpha value is -3.47. The Morgan fingerprint density at radius 2 is 1.89 bits per heavy atom. The smallest absolute Gasteiger partial charge is 0.382 e. The van der Waals surface area contributed by atoms with Crippen LogP contribution in [0.25, 0.3) is 22.3 Å². The first kappa shape index (κ1) is 31.5. The molecule has 45 heavy (non-hydrogen) atoms. The van der Waals surface area contributed by atoms with E-state index in [9.17, 15) is 23.4 Å². The van der Waals surface area contributed by atoms with E-state index in [0.29, 0.717) is 16.7 Å². The minimum Gasteiger partial charge on any atom is -0.382 e. The molecule has 9 atom stereocenters. The van der Waals surface area contributed by atoms with Crippen LogP contribution in [0.2, 0.25) is 0 Å². The number of phosphoric ester groups is 1. The summed E-state index contributed by atoms with van der Waals surface area (Å²) in [4.78, 5) is 49.8. The zero-order chi connectivity index (χ0) is 31.9. The number of ether oxygens (including phenoxy) is 2. The van der Waals surface area contributed by atoms with Gasteiger partial charge in [0.05, 0.1) is 25.1 Å². The fourth-order valence-corrected chi connectivity index (χ4v) is 6.36. The van der Waals surface area contributed by atoms with Gasteiger partial charge in [-0.2, -0.15) is 0 Å². The van der Waals surface area contributed by atoms with Gasteiger partial charge in [-0.05, 0) is 5.56 Å². The number of nitrogens with zero attached hydrogens (tertiary/aromatic N) is 5. The Morgan fingerprint density at radius 1 is 1.11 bits per heavy atom. The van der Waals surface area contributed by atoms with Crippen LogP contribution in [0.3, 0.4) is 0 Å². The van der Waals surface area contributed by atoms with E-state index in [1.165, 1.54) is 17.2 Å². The predicted octanol–water partition coefficient (Wildman–Crippen LogP) is 1.80. The second-order valence-corrected chi connectivity index (χ2v) is 12.0. The predicted molar refractivity (Wildman–Crippen MR) is 155 cm³/mol. The largest absolute Gasteiger partial charge is 0.472 e. The van der Waals surface area contributed by atoms with Gasteiger partial charge in [-0.1, -0.05) is 30.3 Å². The normalized spacial score (nSPS) is 28.0. The summed E-state index contributed by atoms with van der Waals surface area (Å²) in [5.41, 5.74) is 5.22. The van der Waals surface area contributed by atoms with Crippen LogP contribution in [0.5, 0.6) is 0 Å². The van der Waals surface area contributed by atoms with Gasteiger partial charge >= 0.3 is 13.5 Å². The third kappa shape index (κ3) is 6.33. The highest BCUT2D eigenvalue weighted by Gasteiger charge is 2.51. The summed E-state index contributed by atoms with van der Waals surface area (Å²) in [5.74, 6) is 0.128. The number of fused-ring (bicyclic) bond motifs is 1. The van der Waals surface area contributed by atoms with E-state index < -0.39 is 68.8 Å². The highest BCUT2D eigenvalue weighted by Crippen LogP contribution is 2.50. The van der Waals surface area contributed by atoms with Gasteiger partial charge in [-0.25, -0.2) is 33.1 Å². The lowest BCUT2D eigenvalue weighted by molar-refractivity contribution is -0.0484. The number of nitrogen functional groups attached to an aromatic ring is 1. The number of rotatable bonds is 10. The molecule has 2 unspecified atom stereocenters. The average Bonchev–Trinajstić information content (AvgIpc) is 3.69. The van der Waals surface area contributed by atoms with E-state index in [1.54, 1.807) is 30.3 Å². The SMILES string of the molecule is Nc1ncnc2c1ncn2[C@H]1C[C@H](F)[C@@H](COP(=O)(O)O[C@H]2[C@@H](F)[C@H](n3cc(-c4ccccc4)c(=O)[nH]c3=O)O[C@@H]2COP)O1. The molecule has 0 amide bonds. The van der Waals surface area contributed by atoms with E-state index >= 15 is 4.39 Å². The fraction of sp³-hybridized carbons (Fsp3) is 0.400. The first-order valence-corrected chi connectivity index (χ1v) is 15.4. The molecule has 0 aliphatic carbocycles. The van der Waals surface area contributed by atoms with Crippen molar-refractivity contribution in [2.24, 2.45) is 0 Å². The maximum absolute atomic E-state index is 15.9. The molecule has 2 aliphatic rings. The number of halogens is 2. The number of phosphoric acid groups is 1. The Bertz CT molecular complexity index is 1840. The van der Waals surface area contributed by atoms with E-state index in [1.807, 2.05) is 9.47 Å². The standard InChI is InChI=1S/C25H27F2N7O9P2/c26-14-6-17(34-11-31-19-21(28)29-10-30-22(19)34)41-15(14)9-40-45(37,38)43-20-16(8-39-44)42-24(18(20)27)33-7-13(23(35)32-25(33)36)12-4-2-1-3-5-12/h1-5,7,10-11,14-18,20,24H,6,8-9,44H2,(H,37,38)(H2,28,29,30)(H,32,35,36)/t14-,15+,16+,17+,18+,20+,24+/m0/s1. The van der Waals surface area contributed by atoms with E-state index in [4.69, 9.17) is 28.8 Å². The number of anilines is 1. The summed E-state index contributed by atoms with van der Waals surface area (Å²) in [6.07, 6.45) is -7.21. The first-order valence-electron chi connectivity index (χ1n) is 13.5. The highest BCUT2D eigenvalue weighted by molar-refractivity contribution is 7.47. The molecule has 2 saturated heterocycles. The van der Waals surface area contributed by atoms with Gasteiger partial charge in [0.1, 0.15) is 42.6 Å². The Kier molecular flexibility index (Phi) is 8.91. The summed E-state index contributed by atoms with van der Waals surface area (Å²) in [7, 11) is -3.14. The first-order chi connectivity index (χ1) is 21.6. The molecule has 2 aliphatic heterocycles. The van der Waals surface area contributed by atoms with Crippen molar-refractivity contribution in [1.82, 2.24) is 29.1 Å². The zero-order valence-electron chi connectivity index (χ0n) is 23.1. The molecule has 0 bridgehead atoms. The topological polar surface area (TPSA) is 208 Å². The second kappa shape index (κ2) is 12.7. The van der Waals surface area contributed by atoms with Crippen LogP contribution < -0.4 is 17.0 Å². The number of nitrogens with two attached hydrogens (primary N) is 1. The number of imidazole rings is 1.